The summed E-state index contributed by atoms with van der Waals surface area (Å²) in [4.78, 5) is 25.6. The van der Waals surface area contributed by atoms with Crippen molar-refractivity contribution < 1.29 is 4.92 Å². The van der Waals surface area contributed by atoms with Crippen molar-refractivity contribution in [1.82, 2.24) is 15.0 Å². The van der Waals surface area contributed by atoms with Crippen LogP contribution in [0.25, 0.3) is 0 Å². The molecule has 3 heterocycles. The summed E-state index contributed by atoms with van der Waals surface area (Å²) in [7, 11) is 0. The molecule has 4 rings (SSSR count). The van der Waals surface area contributed by atoms with E-state index in [0.29, 0.717) is 12.2 Å². The molecule has 0 spiro atoms. The summed E-state index contributed by atoms with van der Waals surface area (Å²) in [6, 6.07) is 11.2. The molecule has 0 saturated carbocycles. The summed E-state index contributed by atoms with van der Waals surface area (Å²) < 4.78 is 0. The number of nitro groups is 1. The van der Waals surface area contributed by atoms with Crippen molar-refractivity contribution in [3.8, 4) is 0 Å². The van der Waals surface area contributed by atoms with Crippen LogP contribution in [0.1, 0.15) is 12.0 Å². The van der Waals surface area contributed by atoms with Crippen molar-refractivity contribution >= 4 is 40.3 Å². The molecule has 136 valence electrons. The standard InChI is InChI=1S/C18H15ClN6O2/c19-16-13(7-3-9-20-16)23-17-15(25(26)27)18(22-11-21-17)24-10-4-6-12-5-1-2-8-14(12)24/h1-3,5,7-9,11H,4,6,10H2,(H,21,22,23). The molecule has 9 heteroatoms. The maximum absolute atomic E-state index is 11.9. The second kappa shape index (κ2) is 7.16. The predicted octanol–water partition coefficient (Wildman–Crippen LogP) is 4.26. The fourth-order valence-electron chi connectivity index (χ4n) is 3.19. The van der Waals surface area contributed by atoms with Crippen LogP contribution in [0.3, 0.4) is 0 Å². The second-order valence-electron chi connectivity index (χ2n) is 6.00. The zero-order valence-corrected chi connectivity index (χ0v) is 14.9. The molecule has 2 aromatic heterocycles. The molecular weight excluding hydrogens is 368 g/mol. The number of rotatable bonds is 4. The topological polar surface area (TPSA) is 97.1 Å². The number of nitrogens with one attached hydrogen (secondary N) is 1. The minimum Gasteiger partial charge on any atom is -0.332 e. The molecule has 0 unspecified atom stereocenters. The number of halogens is 1. The first-order chi connectivity index (χ1) is 13.1. The van der Waals surface area contributed by atoms with Gasteiger partial charge in [-0.15, -0.1) is 0 Å². The van der Waals surface area contributed by atoms with Gasteiger partial charge in [-0.05, 0) is 36.6 Å². The van der Waals surface area contributed by atoms with E-state index >= 15 is 0 Å². The number of pyridine rings is 1. The van der Waals surface area contributed by atoms with E-state index in [-0.39, 0.29) is 22.5 Å². The van der Waals surface area contributed by atoms with Gasteiger partial charge in [0.15, 0.2) is 5.15 Å². The van der Waals surface area contributed by atoms with Crippen LogP contribution in [0.5, 0.6) is 0 Å². The number of anilines is 4. The van der Waals surface area contributed by atoms with Crippen LogP contribution in [-0.2, 0) is 6.42 Å². The number of nitrogens with zero attached hydrogens (tertiary/aromatic N) is 5. The van der Waals surface area contributed by atoms with Gasteiger partial charge < -0.3 is 10.2 Å². The molecule has 1 N–H and O–H groups in total. The average molecular weight is 383 g/mol. The van der Waals surface area contributed by atoms with Gasteiger partial charge in [0.25, 0.3) is 0 Å². The van der Waals surface area contributed by atoms with Gasteiger partial charge in [0, 0.05) is 18.4 Å². The van der Waals surface area contributed by atoms with Gasteiger partial charge in [0.1, 0.15) is 6.33 Å². The van der Waals surface area contributed by atoms with Crippen molar-refractivity contribution in [3.05, 3.63) is 69.8 Å². The van der Waals surface area contributed by atoms with E-state index in [4.69, 9.17) is 11.6 Å². The lowest BCUT2D eigenvalue weighted by Crippen LogP contribution is -2.26. The lowest BCUT2D eigenvalue weighted by molar-refractivity contribution is -0.383. The molecule has 0 aliphatic carbocycles. The van der Waals surface area contributed by atoms with Crippen LogP contribution < -0.4 is 10.2 Å². The lowest BCUT2D eigenvalue weighted by Gasteiger charge is -2.30. The summed E-state index contributed by atoms with van der Waals surface area (Å²) in [6.07, 6.45) is 4.67. The summed E-state index contributed by atoms with van der Waals surface area (Å²) in [5.41, 5.74) is 2.30. The van der Waals surface area contributed by atoms with Crippen molar-refractivity contribution in [2.45, 2.75) is 12.8 Å². The monoisotopic (exact) mass is 382 g/mol. The maximum Gasteiger partial charge on any atom is 0.354 e. The van der Waals surface area contributed by atoms with Crippen molar-refractivity contribution in [3.63, 3.8) is 0 Å². The summed E-state index contributed by atoms with van der Waals surface area (Å²) in [5, 5.41) is 15.0. The number of hydrogen-bond donors (Lipinski definition) is 1. The molecule has 0 saturated heterocycles. The number of fused-ring (bicyclic) bond motifs is 1. The van der Waals surface area contributed by atoms with Gasteiger partial charge in [0.05, 0.1) is 10.6 Å². The molecule has 1 aliphatic rings. The Labute approximate surface area is 160 Å². The average Bonchev–Trinajstić information content (AvgIpc) is 2.69. The van der Waals surface area contributed by atoms with Crippen LogP contribution in [-0.4, -0.2) is 26.4 Å². The van der Waals surface area contributed by atoms with Gasteiger partial charge >= 0.3 is 5.69 Å². The molecule has 27 heavy (non-hydrogen) atoms. The quantitative estimate of drug-likeness (QED) is 0.409. The third kappa shape index (κ3) is 3.26. The molecule has 1 aromatic carbocycles. The van der Waals surface area contributed by atoms with Gasteiger partial charge in [0.2, 0.25) is 11.6 Å². The molecule has 1 aliphatic heterocycles. The van der Waals surface area contributed by atoms with Gasteiger partial charge in [-0.25, -0.2) is 15.0 Å². The first kappa shape index (κ1) is 17.2. The normalized spacial score (nSPS) is 13.1. The van der Waals surface area contributed by atoms with Crippen LogP contribution >= 0.6 is 11.6 Å². The number of benzene rings is 1. The zero-order chi connectivity index (χ0) is 18.8. The number of aromatic nitrogens is 3. The summed E-state index contributed by atoms with van der Waals surface area (Å²) in [6.45, 7) is 0.641. The number of para-hydroxylation sites is 1. The van der Waals surface area contributed by atoms with Crippen LogP contribution in [0, 0.1) is 10.1 Å². The maximum atomic E-state index is 11.9. The molecule has 0 amide bonds. The molecule has 0 fully saturated rings. The molecular formula is C18H15ClN6O2. The second-order valence-corrected chi connectivity index (χ2v) is 6.36. The molecule has 0 bridgehead atoms. The Balaban J connectivity index is 1.81. The van der Waals surface area contributed by atoms with Crippen molar-refractivity contribution in [2.75, 3.05) is 16.8 Å². The van der Waals surface area contributed by atoms with Crippen LogP contribution in [0.4, 0.5) is 28.7 Å². The first-order valence-corrected chi connectivity index (χ1v) is 8.75. The third-order valence-electron chi connectivity index (χ3n) is 4.36. The SMILES string of the molecule is O=[N+]([O-])c1c(Nc2cccnc2Cl)ncnc1N1CCCc2ccccc21. The Hall–Kier alpha value is -3.26. The minimum absolute atomic E-state index is 0.0722. The van der Waals surface area contributed by atoms with Crippen molar-refractivity contribution in [2.24, 2.45) is 0 Å². The zero-order valence-electron chi connectivity index (χ0n) is 14.2. The third-order valence-corrected chi connectivity index (χ3v) is 4.66. The summed E-state index contributed by atoms with van der Waals surface area (Å²) in [5.74, 6) is 0.326. The van der Waals surface area contributed by atoms with E-state index in [9.17, 15) is 10.1 Å². The molecule has 8 nitrogen and oxygen atoms in total. The van der Waals surface area contributed by atoms with E-state index in [1.54, 1.807) is 12.1 Å². The first-order valence-electron chi connectivity index (χ1n) is 8.37. The van der Waals surface area contributed by atoms with Gasteiger partial charge in [-0.1, -0.05) is 29.8 Å². The molecule has 3 aromatic rings. The number of aryl methyl sites for hydroxylation is 1. The Morgan fingerprint density at radius 2 is 2.00 bits per heavy atom. The fourth-order valence-corrected chi connectivity index (χ4v) is 3.35. The van der Waals surface area contributed by atoms with E-state index in [1.807, 2.05) is 29.2 Å². The minimum atomic E-state index is -0.473. The lowest BCUT2D eigenvalue weighted by atomic mass is 10.0. The van der Waals surface area contributed by atoms with E-state index in [0.717, 1.165) is 24.1 Å². The van der Waals surface area contributed by atoms with E-state index < -0.39 is 4.92 Å². The Morgan fingerprint density at radius 1 is 1.15 bits per heavy atom. The van der Waals surface area contributed by atoms with Gasteiger partial charge in [-0.3, -0.25) is 10.1 Å². The highest BCUT2D eigenvalue weighted by atomic mass is 35.5. The van der Waals surface area contributed by atoms with Crippen LogP contribution in [0.15, 0.2) is 48.9 Å². The van der Waals surface area contributed by atoms with Gasteiger partial charge in [-0.2, -0.15) is 0 Å². The van der Waals surface area contributed by atoms with Crippen LogP contribution in [0.2, 0.25) is 5.15 Å². The van der Waals surface area contributed by atoms with E-state index in [1.165, 1.54) is 12.5 Å². The van der Waals surface area contributed by atoms with E-state index in [2.05, 4.69) is 20.3 Å². The number of hydrogen-bond acceptors (Lipinski definition) is 7. The highest BCUT2D eigenvalue weighted by Crippen LogP contribution is 2.40. The Kier molecular flexibility index (Phi) is 4.55. The molecule has 0 atom stereocenters. The largest absolute Gasteiger partial charge is 0.354 e. The molecule has 0 radical (unpaired) electrons. The summed E-state index contributed by atoms with van der Waals surface area (Å²) >= 11 is 6.06. The highest BCUT2D eigenvalue weighted by molar-refractivity contribution is 6.32. The van der Waals surface area contributed by atoms with Crippen molar-refractivity contribution in [1.29, 1.82) is 0 Å². The fraction of sp³-hybridized carbons (Fsp3) is 0.167. The predicted molar refractivity (Wildman–Crippen MR) is 103 cm³/mol. The Bertz CT molecular complexity index is 1010. The highest BCUT2D eigenvalue weighted by Gasteiger charge is 2.30. The Morgan fingerprint density at radius 3 is 2.81 bits per heavy atom. The smallest absolute Gasteiger partial charge is 0.332 e.